The SMILES string of the molecule is CO[C@H]1C[C@@H]2C(C(=O)O)=CO[C@@H](O[C@@H]3O[C@H](CO)[C@@H](O)[C@H](O)[C@H]3O)[C@@H]2[C@H]1C. The maximum Gasteiger partial charge on any atom is 0.334 e. The van der Waals surface area contributed by atoms with E-state index in [0.717, 1.165) is 6.26 Å². The fraction of sp³-hybridized carbons (Fsp3) is 0.824. The molecule has 1 aliphatic carbocycles. The molecule has 0 amide bonds. The molecule has 154 valence electrons. The first kappa shape index (κ1) is 20.5. The van der Waals surface area contributed by atoms with Gasteiger partial charge < -0.3 is 44.5 Å². The molecule has 3 aliphatic rings. The highest BCUT2D eigenvalue weighted by atomic mass is 16.8. The molecule has 2 fully saturated rings. The summed E-state index contributed by atoms with van der Waals surface area (Å²) in [6, 6.07) is 0. The second-order valence-electron chi connectivity index (χ2n) is 7.27. The summed E-state index contributed by atoms with van der Waals surface area (Å²) in [5.74, 6) is -1.93. The number of aliphatic hydroxyl groups excluding tert-OH is 4. The van der Waals surface area contributed by atoms with E-state index in [1.807, 2.05) is 6.92 Å². The van der Waals surface area contributed by atoms with E-state index in [4.69, 9.17) is 18.9 Å². The van der Waals surface area contributed by atoms with Crippen molar-refractivity contribution in [3.63, 3.8) is 0 Å². The van der Waals surface area contributed by atoms with Crippen LogP contribution in [-0.2, 0) is 23.7 Å². The highest BCUT2D eigenvalue weighted by Gasteiger charge is 2.53. The first-order valence-corrected chi connectivity index (χ1v) is 8.87. The van der Waals surface area contributed by atoms with Gasteiger partial charge in [-0.15, -0.1) is 0 Å². The van der Waals surface area contributed by atoms with Crippen molar-refractivity contribution >= 4 is 5.97 Å². The van der Waals surface area contributed by atoms with Crippen LogP contribution >= 0.6 is 0 Å². The average Bonchev–Trinajstić information content (AvgIpc) is 2.99. The fourth-order valence-corrected chi connectivity index (χ4v) is 4.28. The minimum atomic E-state index is -1.57. The second kappa shape index (κ2) is 8.00. The van der Waals surface area contributed by atoms with Crippen LogP contribution in [0.15, 0.2) is 11.8 Å². The standard InChI is InChI=1S/C17H26O10/c1-6-9(24-2)3-7-8(15(22)23)5-25-16(11(6)7)27-17-14(21)13(20)12(19)10(4-18)26-17/h5-7,9-14,16-21H,3-4H2,1-2H3,(H,22,23)/t6-,7+,9-,10+,11+,12+,13-,14+,16-,17-/m0/s1. The van der Waals surface area contributed by atoms with Gasteiger partial charge in [0.1, 0.15) is 24.4 Å². The zero-order valence-corrected chi connectivity index (χ0v) is 15.0. The zero-order chi connectivity index (χ0) is 19.9. The van der Waals surface area contributed by atoms with E-state index in [2.05, 4.69) is 0 Å². The Kier molecular flexibility index (Phi) is 6.06. The summed E-state index contributed by atoms with van der Waals surface area (Å²) in [6.07, 6.45) is -6.62. The highest BCUT2D eigenvalue weighted by molar-refractivity contribution is 5.87. The molecular weight excluding hydrogens is 364 g/mol. The molecule has 10 heteroatoms. The van der Waals surface area contributed by atoms with Crippen LogP contribution in [0.5, 0.6) is 0 Å². The lowest BCUT2D eigenvalue weighted by Crippen LogP contribution is -2.60. The summed E-state index contributed by atoms with van der Waals surface area (Å²) >= 11 is 0. The van der Waals surface area contributed by atoms with Gasteiger partial charge in [0.2, 0.25) is 6.29 Å². The van der Waals surface area contributed by atoms with E-state index in [1.54, 1.807) is 7.11 Å². The Hall–Kier alpha value is -1.27. The second-order valence-corrected chi connectivity index (χ2v) is 7.27. The lowest BCUT2D eigenvalue weighted by atomic mass is 9.83. The van der Waals surface area contributed by atoms with Crippen molar-refractivity contribution in [3.8, 4) is 0 Å². The molecule has 0 spiro atoms. The molecule has 2 heterocycles. The quantitative estimate of drug-likeness (QED) is 0.371. The van der Waals surface area contributed by atoms with Crippen molar-refractivity contribution < 1.29 is 49.3 Å². The van der Waals surface area contributed by atoms with Gasteiger partial charge in [-0.2, -0.15) is 0 Å². The van der Waals surface area contributed by atoms with Gasteiger partial charge in [0.15, 0.2) is 6.29 Å². The van der Waals surface area contributed by atoms with Gasteiger partial charge in [-0.25, -0.2) is 4.79 Å². The van der Waals surface area contributed by atoms with Gasteiger partial charge in [0.05, 0.1) is 24.5 Å². The Bertz CT molecular complexity index is 578. The molecule has 0 bridgehead atoms. The summed E-state index contributed by atoms with van der Waals surface area (Å²) in [6.45, 7) is 1.32. The first-order chi connectivity index (χ1) is 12.8. The van der Waals surface area contributed by atoms with Crippen molar-refractivity contribution in [2.24, 2.45) is 17.8 Å². The average molecular weight is 390 g/mol. The smallest absolute Gasteiger partial charge is 0.334 e. The molecule has 0 unspecified atom stereocenters. The Morgan fingerprint density at radius 1 is 1.22 bits per heavy atom. The Morgan fingerprint density at radius 3 is 2.52 bits per heavy atom. The predicted molar refractivity (Wildman–Crippen MR) is 87.0 cm³/mol. The Morgan fingerprint density at radius 2 is 1.93 bits per heavy atom. The van der Waals surface area contributed by atoms with E-state index in [9.17, 15) is 30.3 Å². The van der Waals surface area contributed by atoms with Gasteiger partial charge in [-0.3, -0.25) is 0 Å². The van der Waals surface area contributed by atoms with Crippen LogP contribution < -0.4 is 0 Å². The predicted octanol–water partition coefficient (Wildman–Crippen LogP) is -1.59. The highest BCUT2D eigenvalue weighted by Crippen LogP contribution is 2.48. The number of carboxylic acid groups (broad SMARTS) is 1. The third-order valence-corrected chi connectivity index (χ3v) is 5.85. The molecule has 1 saturated heterocycles. The first-order valence-electron chi connectivity index (χ1n) is 8.87. The number of ether oxygens (including phenoxy) is 4. The van der Waals surface area contributed by atoms with E-state index >= 15 is 0 Å². The summed E-state index contributed by atoms with van der Waals surface area (Å²) in [5, 5.41) is 48.7. The van der Waals surface area contributed by atoms with Crippen molar-refractivity contribution in [2.45, 2.75) is 56.4 Å². The fourth-order valence-electron chi connectivity index (χ4n) is 4.28. The van der Waals surface area contributed by atoms with Crippen LogP contribution in [0.1, 0.15) is 13.3 Å². The number of aliphatic hydroxyl groups is 4. The van der Waals surface area contributed by atoms with E-state index < -0.39 is 49.6 Å². The van der Waals surface area contributed by atoms with Crippen LogP contribution in [0.3, 0.4) is 0 Å². The summed E-state index contributed by atoms with van der Waals surface area (Å²) in [4.78, 5) is 11.5. The van der Waals surface area contributed by atoms with Crippen LogP contribution in [0, 0.1) is 17.8 Å². The molecule has 0 aromatic rings. The third-order valence-electron chi connectivity index (χ3n) is 5.85. The van der Waals surface area contributed by atoms with Crippen LogP contribution in [0.25, 0.3) is 0 Å². The van der Waals surface area contributed by atoms with Gasteiger partial charge in [-0.05, 0) is 12.3 Å². The minimum Gasteiger partial charge on any atom is -0.478 e. The summed E-state index contributed by atoms with van der Waals surface area (Å²) in [7, 11) is 1.55. The maximum absolute atomic E-state index is 11.5. The van der Waals surface area contributed by atoms with Crippen molar-refractivity contribution in [1.29, 1.82) is 0 Å². The molecule has 1 saturated carbocycles. The molecule has 3 rings (SSSR count). The van der Waals surface area contributed by atoms with Gasteiger partial charge in [-0.1, -0.05) is 6.92 Å². The summed E-state index contributed by atoms with van der Waals surface area (Å²) < 4.78 is 22.0. The third kappa shape index (κ3) is 3.58. The topological polar surface area (TPSA) is 155 Å². The van der Waals surface area contributed by atoms with E-state index in [-0.39, 0.29) is 29.4 Å². The van der Waals surface area contributed by atoms with Crippen molar-refractivity contribution in [1.82, 2.24) is 0 Å². The number of aliphatic carboxylic acids is 1. The van der Waals surface area contributed by atoms with Gasteiger partial charge >= 0.3 is 5.97 Å². The molecule has 5 N–H and O–H groups in total. The number of methoxy groups -OCH3 is 1. The number of hydrogen-bond donors (Lipinski definition) is 5. The summed E-state index contributed by atoms with van der Waals surface area (Å²) in [5.41, 5.74) is 0.125. The molecule has 0 aromatic carbocycles. The number of carbonyl (C=O) groups is 1. The molecule has 27 heavy (non-hydrogen) atoms. The van der Waals surface area contributed by atoms with E-state index in [1.165, 1.54) is 0 Å². The number of fused-ring (bicyclic) bond motifs is 1. The lowest BCUT2D eigenvalue weighted by Gasteiger charge is -2.43. The Labute approximate surface area is 155 Å². The molecule has 10 nitrogen and oxygen atoms in total. The molecular formula is C17H26O10. The lowest BCUT2D eigenvalue weighted by molar-refractivity contribution is -0.342. The van der Waals surface area contributed by atoms with Crippen LogP contribution in [0.4, 0.5) is 0 Å². The number of rotatable bonds is 5. The van der Waals surface area contributed by atoms with Crippen LogP contribution in [-0.4, -0.2) is 88.3 Å². The Balaban J connectivity index is 1.81. The normalized spacial score (nSPS) is 47.1. The zero-order valence-electron chi connectivity index (χ0n) is 15.0. The van der Waals surface area contributed by atoms with Gasteiger partial charge in [0.25, 0.3) is 0 Å². The van der Waals surface area contributed by atoms with Crippen molar-refractivity contribution in [2.75, 3.05) is 13.7 Å². The van der Waals surface area contributed by atoms with Crippen molar-refractivity contribution in [3.05, 3.63) is 11.8 Å². The largest absolute Gasteiger partial charge is 0.478 e. The number of hydrogen-bond acceptors (Lipinski definition) is 9. The minimum absolute atomic E-state index is 0.0991. The maximum atomic E-state index is 11.5. The molecule has 0 aromatic heterocycles. The molecule has 0 radical (unpaired) electrons. The van der Waals surface area contributed by atoms with Gasteiger partial charge in [0, 0.05) is 18.9 Å². The van der Waals surface area contributed by atoms with Crippen LogP contribution in [0.2, 0.25) is 0 Å². The van der Waals surface area contributed by atoms with E-state index in [0.29, 0.717) is 6.42 Å². The number of carboxylic acids is 1. The monoisotopic (exact) mass is 390 g/mol. The molecule has 10 atom stereocenters. The molecule has 2 aliphatic heterocycles.